The van der Waals surface area contributed by atoms with Crippen LogP contribution in [0.25, 0.3) is 32.8 Å². The van der Waals surface area contributed by atoms with Crippen molar-refractivity contribution < 1.29 is 0 Å². The van der Waals surface area contributed by atoms with E-state index >= 15 is 0 Å². The fourth-order valence-corrected chi connectivity index (χ4v) is 12.1. The number of nitrogens with zero attached hydrogens (tertiary/aromatic N) is 2. The van der Waals surface area contributed by atoms with Crippen molar-refractivity contribution in [2.75, 3.05) is 0 Å². The molecule has 0 fully saturated rings. The number of hydrogen-bond donors (Lipinski definition) is 0. The van der Waals surface area contributed by atoms with E-state index in [1.807, 2.05) is 0 Å². The lowest BCUT2D eigenvalue weighted by Gasteiger charge is -2.20. The van der Waals surface area contributed by atoms with Gasteiger partial charge in [0.15, 0.2) is 0 Å². The second-order valence-corrected chi connectivity index (χ2v) is 23.3. The highest BCUT2D eigenvalue weighted by molar-refractivity contribution is 9.10. The highest BCUT2D eigenvalue weighted by Gasteiger charge is 2.24. The Labute approximate surface area is 426 Å². The molecule has 0 radical (unpaired) electrons. The Morgan fingerprint density at radius 1 is 0.318 bits per heavy atom. The summed E-state index contributed by atoms with van der Waals surface area (Å²) >= 11 is 7.93. The van der Waals surface area contributed by atoms with Gasteiger partial charge in [-0.3, -0.25) is 0 Å². The lowest BCUT2D eigenvalue weighted by Crippen LogP contribution is -2.11. The normalized spacial score (nSPS) is 13.0. The van der Waals surface area contributed by atoms with Gasteiger partial charge in [0.2, 0.25) is 0 Å². The van der Waals surface area contributed by atoms with Crippen molar-refractivity contribution in [3.8, 4) is 0 Å². The molecule has 2 nitrogen and oxygen atoms in total. The molecule has 0 aliphatic heterocycles. The zero-order valence-corrected chi connectivity index (χ0v) is 47.1. The summed E-state index contributed by atoms with van der Waals surface area (Å²) in [6, 6.07) is 14.4. The molecule has 0 bridgehead atoms. The van der Waals surface area contributed by atoms with Gasteiger partial charge < -0.3 is 9.13 Å². The second-order valence-electron chi connectivity index (χ2n) is 21.4. The zero-order valence-electron chi connectivity index (χ0n) is 44.0. The SMILES string of the molecule is CCCCCCCCCCCCC(CCCCCCCCCC)Cn1c2cc(Br)ccc2c2c1c1ccc(Br)cc1n2CC(CCCCCCCCCC)CCCCCCCCCCCC. The Bertz CT molecular complexity index is 1650. The van der Waals surface area contributed by atoms with Crippen LogP contribution in [-0.2, 0) is 13.1 Å². The third kappa shape index (κ3) is 21.8. The molecule has 0 amide bonds. The molecule has 2 aromatic heterocycles. The first-order valence-electron chi connectivity index (χ1n) is 29.4. The number of unbranched alkanes of at least 4 members (excludes halogenated alkanes) is 32. The first-order valence-corrected chi connectivity index (χ1v) is 31.0. The summed E-state index contributed by atoms with van der Waals surface area (Å²) in [6.07, 6.45) is 56.2. The second kappa shape index (κ2) is 36.6. The van der Waals surface area contributed by atoms with Gasteiger partial charge in [-0.15, -0.1) is 0 Å². The molecule has 2 unspecified atom stereocenters. The first kappa shape index (κ1) is 57.3. The van der Waals surface area contributed by atoms with Gasteiger partial charge in [-0.25, -0.2) is 0 Å². The molecule has 2 heterocycles. The van der Waals surface area contributed by atoms with E-state index in [2.05, 4.69) is 105 Å². The lowest BCUT2D eigenvalue weighted by atomic mass is 9.93. The number of rotatable bonds is 44. The van der Waals surface area contributed by atoms with Crippen LogP contribution in [-0.4, -0.2) is 9.13 Å². The predicted molar refractivity (Wildman–Crippen MR) is 305 cm³/mol. The van der Waals surface area contributed by atoms with E-state index in [-0.39, 0.29) is 0 Å². The van der Waals surface area contributed by atoms with Gasteiger partial charge >= 0.3 is 0 Å². The number of aromatic nitrogens is 2. The van der Waals surface area contributed by atoms with Crippen molar-refractivity contribution in [3.05, 3.63) is 45.3 Å². The highest BCUT2D eigenvalue weighted by atomic mass is 79.9. The van der Waals surface area contributed by atoms with Crippen LogP contribution in [0.4, 0.5) is 0 Å². The monoisotopic (exact) mass is 1030 g/mol. The van der Waals surface area contributed by atoms with Crippen LogP contribution in [0.2, 0.25) is 0 Å². The molecule has 2 aromatic carbocycles. The summed E-state index contributed by atoms with van der Waals surface area (Å²) in [7, 11) is 0. The van der Waals surface area contributed by atoms with Crippen molar-refractivity contribution in [3.63, 3.8) is 0 Å². The van der Waals surface area contributed by atoms with E-state index in [1.54, 1.807) is 0 Å². The van der Waals surface area contributed by atoms with E-state index < -0.39 is 0 Å². The summed E-state index contributed by atoms with van der Waals surface area (Å²) in [5.74, 6) is 1.44. The average molecular weight is 1040 g/mol. The third-order valence-electron chi connectivity index (χ3n) is 15.5. The van der Waals surface area contributed by atoms with Gasteiger partial charge in [0.25, 0.3) is 0 Å². The van der Waals surface area contributed by atoms with Crippen molar-refractivity contribution >= 4 is 64.7 Å². The standard InChI is InChI=1S/C62H104Br2N2/c1-5-9-13-17-21-25-27-31-35-39-43-53(41-37-33-29-23-19-15-11-7-3)51-65-59-49-55(63)45-47-57(59)62-61(65)58-48-46-56(64)50-60(58)66(62)52-54(42-38-34-30-24-20-16-12-8-4)44-40-36-32-28-26-22-18-14-10-6-2/h45-50,53-54H,5-44,51-52H2,1-4H3. The molecule has 4 heteroatoms. The summed E-state index contributed by atoms with van der Waals surface area (Å²) in [6.45, 7) is 11.6. The molecular weight excluding hydrogens is 933 g/mol. The van der Waals surface area contributed by atoms with Gasteiger partial charge in [0.1, 0.15) is 0 Å². The Morgan fingerprint density at radius 2 is 0.545 bits per heavy atom. The molecule has 0 N–H and O–H groups in total. The molecule has 0 aliphatic rings. The van der Waals surface area contributed by atoms with Crippen LogP contribution in [0, 0.1) is 11.8 Å². The lowest BCUT2D eigenvalue weighted by molar-refractivity contribution is 0.363. The van der Waals surface area contributed by atoms with Gasteiger partial charge in [-0.2, -0.15) is 0 Å². The molecule has 0 aliphatic carbocycles. The Hall–Kier alpha value is -1.26. The summed E-state index contributed by atoms with van der Waals surface area (Å²) < 4.78 is 8.06. The van der Waals surface area contributed by atoms with Gasteiger partial charge in [0.05, 0.1) is 22.1 Å². The van der Waals surface area contributed by atoms with Crippen LogP contribution in [0.5, 0.6) is 0 Å². The van der Waals surface area contributed by atoms with Crippen LogP contribution in [0.1, 0.15) is 285 Å². The highest BCUT2D eigenvalue weighted by Crippen LogP contribution is 2.41. The largest absolute Gasteiger partial charge is 0.338 e. The molecule has 66 heavy (non-hydrogen) atoms. The molecule has 0 saturated heterocycles. The maximum absolute atomic E-state index is 3.96. The average Bonchev–Trinajstić information content (AvgIpc) is 3.79. The van der Waals surface area contributed by atoms with Gasteiger partial charge in [-0.05, 0) is 73.9 Å². The number of fused-ring (bicyclic) bond motifs is 5. The zero-order chi connectivity index (χ0) is 46.9. The predicted octanol–water partition coefficient (Wildman–Crippen LogP) is 23.2. The molecule has 2 atom stereocenters. The number of hydrogen-bond acceptors (Lipinski definition) is 0. The van der Waals surface area contributed by atoms with Crippen LogP contribution >= 0.6 is 31.9 Å². The van der Waals surface area contributed by atoms with E-state index in [1.165, 1.54) is 299 Å². The van der Waals surface area contributed by atoms with Crippen LogP contribution in [0.15, 0.2) is 45.3 Å². The molecule has 0 saturated carbocycles. The fraction of sp³-hybridized carbons (Fsp3) is 0.774. The molecular formula is C62H104Br2N2. The van der Waals surface area contributed by atoms with Crippen molar-refractivity contribution in [2.45, 2.75) is 298 Å². The summed E-state index contributed by atoms with van der Waals surface area (Å²) in [4.78, 5) is 0. The third-order valence-corrected chi connectivity index (χ3v) is 16.5. The summed E-state index contributed by atoms with van der Waals surface area (Å²) in [5, 5.41) is 2.91. The van der Waals surface area contributed by atoms with E-state index in [0.29, 0.717) is 0 Å². The molecule has 4 rings (SSSR count). The Kier molecular flexibility index (Phi) is 31.8. The van der Waals surface area contributed by atoms with E-state index in [4.69, 9.17) is 0 Å². The first-order chi connectivity index (χ1) is 32.5. The minimum atomic E-state index is 0.719. The Balaban J connectivity index is 1.56. The topological polar surface area (TPSA) is 9.86 Å². The maximum atomic E-state index is 3.96. The fourth-order valence-electron chi connectivity index (χ4n) is 11.4. The van der Waals surface area contributed by atoms with Crippen LogP contribution in [0.3, 0.4) is 0 Å². The maximum Gasteiger partial charge on any atom is 0.0754 e. The Morgan fingerprint density at radius 3 is 0.788 bits per heavy atom. The minimum Gasteiger partial charge on any atom is -0.338 e. The number of halogens is 2. The van der Waals surface area contributed by atoms with Crippen molar-refractivity contribution in [2.24, 2.45) is 11.8 Å². The smallest absolute Gasteiger partial charge is 0.0754 e. The number of benzene rings is 2. The van der Waals surface area contributed by atoms with Crippen LogP contribution < -0.4 is 0 Å². The van der Waals surface area contributed by atoms with Crippen molar-refractivity contribution in [1.82, 2.24) is 9.13 Å². The molecule has 4 aromatic rings. The van der Waals surface area contributed by atoms with Gasteiger partial charge in [0, 0.05) is 32.8 Å². The summed E-state index contributed by atoms with van der Waals surface area (Å²) in [5.41, 5.74) is 5.87. The van der Waals surface area contributed by atoms with Crippen molar-refractivity contribution in [1.29, 1.82) is 0 Å². The minimum absolute atomic E-state index is 0.719. The van der Waals surface area contributed by atoms with E-state index in [9.17, 15) is 0 Å². The molecule has 0 spiro atoms. The quantitative estimate of drug-likeness (QED) is 0.0391. The van der Waals surface area contributed by atoms with E-state index in [0.717, 1.165) is 24.9 Å². The molecule has 376 valence electrons. The van der Waals surface area contributed by atoms with Gasteiger partial charge in [-0.1, -0.05) is 291 Å².